The highest BCUT2D eigenvalue weighted by molar-refractivity contribution is 7.89. The van der Waals surface area contributed by atoms with E-state index in [0.717, 1.165) is 19.3 Å². The summed E-state index contributed by atoms with van der Waals surface area (Å²) in [7, 11) is 0.741. The predicted molar refractivity (Wildman–Crippen MR) is 136 cm³/mol. The minimum Gasteiger partial charge on any atom is -0.467 e. The Hall–Kier alpha value is -1.88. The standard InChI is InChI=1S/C25H44N4O6S/c1-23(2,3)19(20(30)29-14-16-17(24(16,4)5)18(29)21(31)35-8)26-22(32)27-25(12-10-9-11-13-25)15-36(33,34)28(6)7/h16-19H,9-15H2,1-8H3,(H2,26,27,32)/t16-,17-,18-,19+/m0/s1. The van der Waals surface area contributed by atoms with E-state index in [0.29, 0.717) is 19.4 Å². The monoisotopic (exact) mass is 528 g/mol. The lowest BCUT2D eigenvalue weighted by Crippen LogP contribution is -2.63. The summed E-state index contributed by atoms with van der Waals surface area (Å²) in [5.41, 5.74) is -1.58. The number of sulfonamides is 1. The fraction of sp³-hybridized carbons (Fsp3) is 0.880. The molecule has 2 aliphatic carbocycles. The van der Waals surface area contributed by atoms with Gasteiger partial charge in [-0.15, -0.1) is 0 Å². The normalized spacial score (nSPS) is 27.7. The van der Waals surface area contributed by atoms with Crippen molar-refractivity contribution in [3.63, 3.8) is 0 Å². The van der Waals surface area contributed by atoms with Crippen molar-refractivity contribution < 1.29 is 27.5 Å². The highest BCUT2D eigenvalue weighted by atomic mass is 32.2. The number of nitrogens with one attached hydrogen (secondary N) is 2. The molecule has 3 amide bonds. The van der Waals surface area contributed by atoms with Crippen molar-refractivity contribution in [2.45, 2.75) is 84.3 Å². The van der Waals surface area contributed by atoms with Crippen molar-refractivity contribution in [3.8, 4) is 0 Å². The lowest BCUT2D eigenvalue weighted by atomic mass is 9.83. The molecule has 2 saturated carbocycles. The van der Waals surface area contributed by atoms with Crippen LogP contribution in [0.15, 0.2) is 0 Å². The SMILES string of the molecule is COC(=O)[C@@H]1[C@@H]2[C@H](CN1C(=O)[C@@H](NC(=O)NC1(CS(=O)(=O)N(C)C)CCCCC1)C(C)(C)C)C2(C)C. The van der Waals surface area contributed by atoms with Crippen LogP contribution in [0.4, 0.5) is 4.79 Å². The Morgan fingerprint density at radius 2 is 1.69 bits per heavy atom. The van der Waals surface area contributed by atoms with Gasteiger partial charge >= 0.3 is 12.0 Å². The van der Waals surface area contributed by atoms with E-state index in [1.165, 1.54) is 25.5 Å². The van der Waals surface area contributed by atoms with E-state index in [4.69, 9.17) is 4.74 Å². The first kappa shape index (κ1) is 28.7. The number of esters is 1. The molecule has 0 unspecified atom stereocenters. The van der Waals surface area contributed by atoms with Gasteiger partial charge in [0.05, 0.1) is 18.4 Å². The van der Waals surface area contributed by atoms with Crippen LogP contribution in [0.2, 0.25) is 0 Å². The minimum atomic E-state index is -3.56. The Morgan fingerprint density at radius 1 is 1.11 bits per heavy atom. The van der Waals surface area contributed by atoms with Gasteiger partial charge in [-0.25, -0.2) is 22.3 Å². The lowest BCUT2D eigenvalue weighted by molar-refractivity contribution is -0.154. The predicted octanol–water partition coefficient (Wildman–Crippen LogP) is 1.95. The van der Waals surface area contributed by atoms with E-state index in [9.17, 15) is 22.8 Å². The molecule has 2 N–H and O–H groups in total. The molecule has 10 nitrogen and oxygen atoms in total. The number of urea groups is 1. The molecule has 0 radical (unpaired) electrons. The number of fused-ring (bicyclic) bond motifs is 1. The average molecular weight is 529 g/mol. The molecule has 36 heavy (non-hydrogen) atoms. The van der Waals surface area contributed by atoms with E-state index >= 15 is 0 Å². The van der Waals surface area contributed by atoms with Crippen LogP contribution >= 0.6 is 0 Å². The van der Waals surface area contributed by atoms with Gasteiger partial charge in [-0.3, -0.25) is 4.79 Å². The summed E-state index contributed by atoms with van der Waals surface area (Å²) < 4.78 is 31.6. The zero-order valence-corrected chi connectivity index (χ0v) is 23.8. The highest BCUT2D eigenvalue weighted by Crippen LogP contribution is 2.65. The summed E-state index contributed by atoms with van der Waals surface area (Å²) in [6.07, 6.45) is 3.72. The second-order valence-electron chi connectivity index (χ2n) is 12.7. The third kappa shape index (κ3) is 5.51. The first-order valence-electron chi connectivity index (χ1n) is 12.8. The summed E-state index contributed by atoms with van der Waals surface area (Å²) >= 11 is 0. The Labute approximate surface area is 215 Å². The zero-order valence-electron chi connectivity index (χ0n) is 23.0. The van der Waals surface area contributed by atoms with Crippen LogP contribution < -0.4 is 10.6 Å². The van der Waals surface area contributed by atoms with Gasteiger partial charge in [0.1, 0.15) is 12.1 Å². The van der Waals surface area contributed by atoms with Gasteiger partial charge in [-0.2, -0.15) is 0 Å². The number of amides is 3. The fourth-order valence-corrected chi connectivity index (χ4v) is 7.46. The summed E-state index contributed by atoms with van der Waals surface area (Å²) in [4.78, 5) is 41.3. The third-order valence-electron chi connectivity index (χ3n) is 8.53. The first-order valence-corrected chi connectivity index (χ1v) is 14.4. The van der Waals surface area contributed by atoms with Crippen molar-refractivity contribution in [1.29, 1.82) is 0 Å². The van der Waals surface area contributed by atoms with E-state index in [1.807, 2.05) is 20.8 Å². The third-order valence-corrected chi connectivity index (χ3v) is 10.6. The van der Waals surface area contributed by atoms with Crippen molar-refractivity contribution in [2.24, 2.45) is 22.7 Å². The number of hydrogen-bond donors (Lipinski definition) is 2. The van der Waals surface area contributed by atoms with E-state index in [-0.39, 0.29) is 28.9 Å². The molecule has 3 aliphatic rings. The smallest absolute Gasteiger partial charge is 0.328 e. The molecule has 0 aromatic heterocycles. The zero-order chi connectivity index (χ0) is 27.3. The maximum absolute atomic E-state index is 13.8. The van der Waals surface area contributed by atoms with E-state index in [2.05, 4.69) is 24.5 Å². The molecule has 206 valence electrons. The number of likely N-dealkylation sites (tertiary alicyclic amines) is 1. The molecule has 1 aliphatic heterocycles. The second-order valence-corrected chi connectivity index (χ2v) is 14.9. The van der Waals surface area contributed by atoms with Gasteiger partial charge in [0, 0.05) is 26.6 Å². The molecule has 4 atom stereocenters. The number of piperidine rings is 1. The largest absolute Gasteiger partial charge is 0.467 e. The number of ether oxygens (including phenoxy) is 1. The molecule has 1 heterocycles. The summed E-state index contributed by atoms with van der Waals surface area (Å²) in [5.74, 6) is -0.709. The first-order chi connectivity index (χ1) is 16.5. The van der Waals surface area contributed by atoms with E-state index < -0.39 is 45.1 Å². The fourth-order valence-electron chi connectivity index (χ4n) is 6.14. The second kappa shape index (κ2) is 9.78. The molecular weight excluding hydrogens is 484 g/mol. The average Bonchev–Trinajstić information content (AvgIpc) is 3.09. The van der Waals surface area contributed by atoms with Crippen LogP contribution in [-0.2, 0) is 24.3 Å². The molecule has 3 fully saturated rings. The van der Waals surface area contributed by atoms with Crippen molar-refractivity contribution in [3.05, 3.63) is 0 Å². The number of rotatable bonds is 7. The molecule has 3 rings (SSSR count). The Kier molecular flexibility index (Phi) is 7.79. The van der Waals surface area contributed by atoms with Crippen LogP contribution in [0.25, 0.3) is 0 Å². The molecule has 0 spiro atoms. The molecular formula is C25H44N4O6S. The van der Waals surface area contributed by atoms with Crippen molar-refractivity contribution >= 4 is 27.9 Å². The summed E-state index contributed by atoms with van der Waals surface area (Å²) in [6, 6.07) is -2.15. The highest BCUT2D eigenvalue weighted by Gasteiger charge is 2.70. The minimum absolute atomic E-state index is 0.0325. The maximum atomic E-state index is 13.8. The Morgan fingerprint density at radius 3 is 2.19 bits per heavy atom. The van der Waals surface area contributed by atoms with Crippen LogP contribution in [0, 0.1) is 22.7 Å². The molecule has 0 aromatic rings. The van der Waals surface area contributed by atoms with Gasteiger partial charge in [-0.05, 0) is 29.6 Å². The van der Waals surface area contributed by atoms with Crippen LogP contribution in [0.5, 0.6) is 0 Å². The lowest BCUT2D eigenvalue weighted by Gasteiger charge is -2.40. The van der Waals surface area contributed by atoms with Gasteiger partial charge in [0.15, 0.2) is 0 Å². The van der Waals surface area contributed by atoms with Crippen LogP contribution in [0.1, 0.15) is 66.7 Å². The number of carbonyl (C=O) groups is 3. The number of nitrogens with zero attached hydrogens (tertiary/aromatic N) is 2. The molecule has 0 aromatic carbocycles. The Balaban J connectivity index is 1.80. The maximum Gasteiger partial charge on any atom is 0.328 e. The van der Waals surface area contributed by atoms with E-state index in [1.54, 1.807) is 4.90 Å². The van der Waals surface area contributed by atoms with Crippen molar-refractivity contribution in [1.82, 2.24) is 19.8 Å². The molecule has 0 bridgehead atoms. The van der Waals surface area contributed by atoms with Gasteiger partial charge in [-0.1, -0.05) is 53.9 Å². The summed E-state index contributed by atoms with van der Waals surface area (Å²) in [5, 5.41) is 5.80. The molecule has 1 saturated heterocycles. The van der Waals surface area contributed by atoms with Crippen LogP contribution in [0.3, 0.4) is 0 Å². The van der Waals surface area contributed by atoms with Gasteiger partial charge < -0.3 is 20.3 Å². The van der Waals surface area contributed by atoms with Gasteiger partial charge in [0.2, 0.25) is 15.9 Å². The molecule has 11 heteroatoms. The summed E-state index contributed by atoms with van der Waals surface area (Å²) in [6.45, 7) is 10.2. The topological polar surface area (TPSA) is 125 Å². The number of methoxy groups -OCH3 is 1. The number of hydrogen-bond acceptors (Lipinski definition) is 6. The quantitative estimate of drug-likeness (QED) is 0.487. The number of carbonyl (C=O) groups excluding carboxylic acids is 3. The van der Waals surface area contributed by atoms with Crippen LogP contribution in [-0.4, -0.2) is 86.7 Å². The van der Waals surface area contributed by atoms with Crippen molar-refractivity contribution in [2.75, 3.05) is 33.5 Å². The van der Waals surface area contributed by atoms with Gasteiger partial charge in [0.25, 0.3) is 0 Å². The Bertz CT molecular complexity index is 981.